The number of carbonyl (C=O) groups excluding carboxylic acids is 1. The lowest BCUT2D eigenvalue weighted by atomic mass is 9.78. The van der Waals surface area contributed by atoms with Crippen LogP contribution in [0.2, 0.25) is 0 Å². The normalized spacial score (nSPS) is 30.1. The van der Waals surface area contributed by atoms with Gasteiger partial charge >= 0.3 is 0 Å². The molecule has 4 rings (SSSR count). The molecule has 2 fully saturated rings. The number of rotatable bonds is 5. The summed E-state index contributed by atoms with van der Waals surface area (Å²) in [5.41, 5.74) is 0. The van der Waals surface area contributed by atoms with Crippen LogP contribution in [-0.2, 0) is 4.79 Å². The van der Waals surface area contributed by atoms with Crippen molar-refractivity contribution >= 4 is 5.91 Å². The maximum absolute atomic E-state index is 11.8. The summed E-state index contributed by atoms with van der Waals surface area (Å²) in [6, 6.07) is 5.50. The fourth-order valence-electron chi connectivity index (χ4n) is 4.32. The molecule has 0 aromatic heterocycles. The van der Waals surface area contributed by atoms with Gasteiger partial charge in [0.25, 0.3) is 0 Å². The molecule has 7 nitrogen and oxygen atoms in total. The minimum absolute atomic E-state index is 0.0693. The van der Waals surface area contributed by atoms with Crippen molar-refractivity contribution in [3.8, 4) is 17.2 Å². The summed E-state index contributed by atoms with van der Waals surface area (Å²) < 4.78 is 16.8. The van der Waals surface area contributed by atoms with Gasteiger partial charge in [-0.2, -0.15) is 0 Å². The van der Waals surface area contributed by atoms with Crippen molar-refractivity contribution in [3.05, 3.63) is 18.2 Å². The molecule has 1 aliphatic carbocycles. The average Bonchev–Trinajstić information content (AvgIpc) is 3.21. The van der Waals surface area contributed by atoms with Crippen molar-refractivity contribution < 1.29 is 24.1 Å². The van der Waals surface area contributed by atoms with Crippen molar-refractivity contribution in [2.75, 3.05) is 33.0 Å². The van der Waals surface area contributed by atoms with E-state index in [-0.39, 0.29) is 18.8 Å². The lowest BCUT2D eigenvalue weighted by molar-refractivity contribution is -0.121. The summed E-state index contributed by atoms with van der Waals surface area (Å²) in [4.78, 5) is 14.0. The van der Waals surface area contributed by atoms with E-state index in [0.29, 0.717) is 42.8 Å². The Bertz CT molecular complexity index is 667. The van der Waals surface area contributed by atoms with Gasteiger partial charge in [-0.1, -0.05) is 0 Å². The first-order valence-electron chi connectivity index (χ1n) is 9.35. The van der Waals surface area contributed by atoms with Crippen LogP contribution in [0.5, 0.6) is 17.2 Å². The van der Waals surface area contributed by atoms with Crippen LogP contribution in [-0.4, -0.2) is 61.1 Å². The van der Waals surface area contributed by atoms with E-state index in [1.54, 1.807) is 0 Å². The van der Waals surface area contributed by atoms with Crippen molar-refractivity contribution in [1.82, 2.24) is 10.2 Å². The molecule has 0 unspecified atom stereocenters. The van der Waals surface area contributed by atoms with Gasteiger partial charge in [-0.3, -0.25) is 9.69 Å². The Morgan fingerprint density at radius 3 is 2.85 bits per heavy atom. The molecule has 7 heteroatoms. The molecular formula is C19H26N2O5. The molecule has 1 saturated heterocycles. The first-order valence-corrected chi connectivity index (χ1v) is 9.35. The van der Waals surface area contributed by atoms with Gasteiger partial charge < -0.3 is 24.6 Å². The number of likely N-dealkylation sites (N-methyl/N-ethyl adjacent to an activating group) is 1. The summed E-state index contributed by atoms with van der Waals surface area (Å²) in [6.45, 7) is 5.01. The second-order valence-corrected chi connectivity index (χ2v) is 7.38. The molecule has 3 aliphatic rings. The van der Waals surface area contributed by atoms with Gasteiger partial charge in [0.05, 0.1) is 12.6 Å². The zero-order valence-electron chi connectivity index (χ0n) is 15.0. The van der Waals surface area contributed by atoms with Crippen LogP contribution >= 0.6 is 0 Å². The number of hydrogen-bond acceptors (Lipinski definition) is 6. The lowest BCUT2D eigenvalue weighted by Crippen LogP contribution is -2.42. The molecule has 1 amide bonds. The molecule has 0 spiro atoms. The van der Waals surface area contributed by atoms with Crippen molar-refractivity contribution in [1.29, 1.82) is 0 Å². The molecule has 0 radical (unpaired) electrons. The van der Waals surface area contributed by atoms with E-state index in [2.05, 4.69) is 10.2 Å². The number of amides is 1. The predicted molar refractivity (Wildman–Crippen MR) is 94.3 cm³/mol. The number of likely N-dealkylation sites (tertiary alicyclic amines) is 1. The Kier molecular flexibility index (Phi) is 4.91. The fraction of sp³-hybridized carbons (Fsp3) is 0.632. The molecule has 1 aromatic rings. The van der Waals surface area contributed by atoms with Gasteiger partial charge in [0.2, 0.25) is 12.7 Å². The molecule has 2 N–H and O–H groups in total. The standard InChI is InChI=1S/C19H26N2O5/c1-2-20-19(23)10-21-8-12-5-15(22)17(6-13(12)9-21)26-14-3-4-16-18(7-14)25-11-24-16/h3-4,7,12-13,15,17,22H,2,5-6,8-11H2,1H3,(H,20,23)/t12-,13+,15+,17+/m0/s1. The highest BCUT2D eigenvalue weighted by molar-refractivity contribution is 5.77. The average molecular weight is 362 g/mol. The number of benzene rings is 1. The van der Waals surface area contributed by atoms with Crippen molar-refractivity contribution in [2.24, 2.45) is 11.8 Å². The second kappa shape index (κ2) is 7.32. The van der Waals surface area contributed by atoms with Crippen LogP contribution in [0.25, 0.3) is 0 Å². The summed E-state index contributed by atoms with van der Waals surface area (Å²) >= 11 is 0. The third-order valence-corrected chi connectivity index (χ3v) is 5.53. The Hall–Kier alpha value is -1.99. The highest BCUT2D eigenvalue weighted by Crippen LogP contribution is 2.40. The number of carbonyl (C=O) groups is 1. The van der Waals surface area contributed by atoms with Gasteiger partial charge in [-0.15, -0.1) is 0 Å². The van der Waals surface area contributed by atoms with E-state index < -0.39 is 6.10 Å². The largest absolute Gasteiger partial charge is 0.488 e. The van der Waals surface area contributed by atoms with Crippen LogP contribution in [0.4, 0.5) is 0 Å². The smallest absolute Gasteiger partial charge is 0.234 e. The first kappa shape index (κ1) is 17.4. The summed E-state index contributed by atoms with van der Waals surface area (Å²) in [5, 5.41) is 13.4. The molecule has 2 aliphatic heterocycles. The number of hydrogen-bond donors (Lipinski definition) is 2. The van der Waals surface area contributed by atoms with Crippen molar-refractivity contribution in [2.45, 2.75) is 32.0 Å². The third-order valence-electron chi connectivity index (χ3n) is 5.53. The summed E-state index contributed by atoms with van der Waals surface area (Å²) in [6.07, 6.45) is 0.782. The summed E-state index contributed by atoms with van der Waals surface area (Å²) in [7, 11) is 0. The number of aliphatic hydroxyl groups excluding tert-OH is 1. The van der Waals surface area contributed by atoms with E-state index >= 15 is 0 Å². The molecular weight excluding hydrogens is 336 g/mol. The maximum atomic E-state index is 11.8. The molecule has 142 valence electrons. The number of nitrogens with one attached hydrogen (secondary N) is 1. The minimum atomic E-state index is -0.494. The van der Waals surface area contributed by atoms with Gasteiger partial charge in [-0.05, 0) is 43.7 Å². The Morgan fingerprint density at radius 2 is 2.04 bits per heavy atom. The first-order chi connectivity index (χ1) is 12.6. The Balaban J connectivity index is 1.36. The number of fused-ring (bicyclic) bond motifs is 2. The van der Waals surface area contributed by atoms with Gasteiger partial charge in [0, 0.05) is 25.7 Å². The SMILES string of the molecule is CCNC(=O)CN1C[C@H]2C[C@@H](Oc3ccc4c(c3)OCO4)[C@H](O)C[C@H]2C1. The topological polar surface area (TPSA) is 80.3 Å². The zero-order valence-corrected chi connectivity index (χ0v) is 15.0. The van der Waals surface area contributed by atoms with Crippen LogP contribution < -0.4 is 19.5 Å². The van der Waals surface area contributed by atoms with Crippen LogP contribution in [0.1, 0.15) is 19.8 Å². The van der Waals surface area contributed by atoms with E-state index in [4.69, 9.17) is 14.2 Å². The molecule has 2 heterocycles. The minimum Gasteiger partial charge on any atom is -0.488 e. The van der Waals surface area contributed by atoms with Crippen LogP contribution in [0.15, 0.2) is 18.2 Å². The van der Waals surface area contributed by atoms with E-state index in [1.807, 2.05) is 25.1 Å². The maximum Gasteiger partial charge on any atom is 0.234 e. The molecule has 1 aromatic carbocycles. The van der Waals surface area contributed by atoms with Crippen molar-refractivity contribution in [3.63, 3.8) is 0 Å². The number of nitrogens with zero attached hydrogens (tertiary/aromatic N) is 1. The van der Waals surface area contributed by atoms with Gasteiger partial charge in [0.15, 0.2) is 11.5 Å². The fourth-order valence-corrected chi connectivity index (χ4v) is 4.32. The highest BCUT2D eigenvalue weighted by Gasteiger charge is 2.43. The lowest BCUT2D eigenvalue weighted by Gasteiger charge is -2.35. The predicted octanol–water partition coefficient (Wildman–Crippen LogP) is 1.00. The second-order valence-electron chi connectivity index (χ2n) is 7.38. The zero-order chi connectivity index (χ0) is 18.1. The van der Waals surface area contributed by atoms with E-state index in [0.717, 1.165) is 25.3 Å². The summed E-state index contributed by atoms with van der Waals surface area (Å²) in [5.74, 6) is 3.04. The molecule has 1 saturated carbocycles. The van der Waals surface area contributed by atoms with E-state index in [1.165, 1.54) is 0 Å². The number of aliphatic hydroxyl groups is 1. The molecule has 0 bridgehead atoms. The Morgan fingerprint density at radius 1 is 1.27 bits per heavy atom. The van der Waals surface area contributed by atoms with Crippen LogP contribution in [0.3, 0.4) is 0 Å². The third kappa shape index (κ3) is 3.59. The van der Waals surface area contributed by atoms with Gasteiger partial charge in [0.1, 0.15) is 11.9 Å². The quantitative estimate of drug-likeness (QED) is 0.814. The van der Waals surface area contributed by atoms with Crippen LogP contribution in [0, 0.1) is 11.8 Å². The molecule has 26 heavy (non-hydrogen) atoms. The Labute approximate surface area is 153 Å². The molecule has 4 atom stereocenters. The monoisotopic (exact) mass is 362 g/mol. The highest BCUT2D eigenvalue weighted by atomic mass is 16.7. The number of ether oxygens (including phenoxy) is 3. The van der Waals surface area contributed by atoms with Gasteiger partial charge in [-0.25, -0.2) is 0 Å². The van der Waals surface area contributed by atoms with E-state index in [9.17, 15) is 9.90 Å².